The molecule has 0 aliphatic heterocycles. The van der Waals surface area contributed by atoms with Gasteiger partial charge in [-0.1, -0.05) is 30.3 Å². The molecule has 0 aliphatic carbocycles. The van der Waals surface area contributed by atoms with Crippen LogP contribution < -0.4 is 10.6 Å². The minimum atomic E-state index is -1.26. The molecule has 27 heavy (non-hydrogen) atoms. The Bertz CT molecular complexity index is 650. The SMILES string of the molecule is COC(=O)C(CCc1ccccc1)NC(=O)C(C)(C)NC(=O)OC(C)(C)C. The quantitative estimate of drug-likeness (QED) is 0.711. The zero-order chi connectivity index (χ0) is 20.7. The minimum Gasteiger partial charge on any atom is -0.467 e. The Labute approximate surface area is 160 Å². The Morgan fingerprint density at radius 1 is 1.04 bits per heavy atom. The van der Waals surface area contributed by atoms with Gasteiger partial charge >= 0.3 is 12.1 Å². The number of esters is 1. The van der Waals surface area contributed by atoms with E-state index in [4.69, 9.17) is 9.47 Å². The van der Waals surface area contributed by atoms with Crippen molar-refractivity contribution in [1.29, 1.82) is 0 Å². The maximum Gasteiger partial charge on any atom is 0.408 e. The van der Waals surface area contributed by atoms with E-state index < -0.39 is 35.2 Å². The van der Waals surface area contributed by atoms with Crippen LogP contribution >= 0.6 is 0 Å². The highest BCUT2D eigenvalue weighted by Crippen LogP contribution is 2.11. The fourth-order valence-electron chi connectivity index (χ4n) is 2.30. The van der Waals surface area contributed by atoms with Crippen molar-refractivity contribution in [1.82, 2.24) is 10.6 Å². The highest BCUT2D eigenvalue weighted by Gasteiger charge is 2.34. The number of amides is 2. The van der Waals surface area contributed by atoms with Gasteiger partial charge in [0, 0.05) is 0 Å². The third-order valence-corrected chi connectivity index (χ3v) is 3.74. The van der Waals surface area contributed by atoms with Crippen LogP contribution in [0.25, 0.3) is 0 Å². The molecule has 1 aromatic carbocycles. The summed E-state index contributed by atoms with van der Waals surface area (Å²) in [6.45, 7) is 8.28. The summed E-state index contributed by atoms with van der Waals surface area (Å²) in [5.41, 5.74) is -0.894. The van der Waals surface area contributed by atoms with Crippen molar-refractivity contribution in [2.45, 2.75) is 64.6 Å². The number of aryl methyl sites for hydroxylation is 1. The Kier molecular flexibility index (Phi) is 7.82. The van der Waals surface area contributed by atoms with Gasteiger partial charge in [0.1, 0.15) is 17.2 Å². The van der Waals surface area contributed by atoms with Crippen LogP contribution in [0.5, 0.6) is 0 Å². The lowest BCUT2D eigenvalue weighted by atomic mass is 10.0. The fraction of sp³-hybridized carbons (Fsp3) is 0.550. The summed E-state index contributed by atoms with van der Waals surface area (Å²) >= 11 is 0. The third-order valence-electron chi connectivity index (χ3n) is 3.74. The monoisotopic (exact) mass is 378 g/mol. The van der Waals surface area contributed by atoms with Gasteiger partial charge in [0.2, 0.25) is 5.91 Å². The predicted molar refractivity (Wildman–Crippen MR) is 102 cm³/mol. The highest BCUT2D eigenvalue weighted by atomic mass is 16.6. The van der Waals surface area contributed by atoms with E-state index >= 15 is 0 Å². The molecule has 0 heterocycles. The smallest absolute Gasteiger partial charge is 0.408 e. The normalized spacial score (nSPS) is 12.7. The van der Waals surface area contributed by atoms with Gasteiger partial charge in [0.05, 0.1) is 7.11 Å². The summed E-state index contributed by atoms with van der Waals surface area (Å²) in [4.78, 5) is 36.6. The summed E-state index contributed by atoms with van der Waals surface area (Å²) < 4.78 is 9.98. The zero-order valence-electron chi connectivity index (χ0n) is 16.9. The Hall–Kier alpha value is -2.57. The standard InChI is InChI=1S/C20H30N2O5/c1-19(2,3)27-18(25)22-20(4,5)17(24)21-15(16(23)26-6)13-12-14-10-8-7-9-11-14/h7-11,15H,12-13H2,1-6H3,(H,21,24)(H,22,25). The number of alkyl carbamates (subject to hydrolysis) is 1. The average molecular weight is 378 g/mol. The van der Waals surface area contributed by atoms with E-state index in [-0.39, 0.29) is 0 Å². The molecule has 2 amide bonds. The fourth-order valence-corrected chi connectivity index (χ4v) is 2.30. The lowest BCUT2D eigenvalue weighted by Crippen LogP contribution is -2.58. The zero-order valence-corrected chi connectivity index (χ0v) is 16.9. The highest BCUT2D eigenvalue weighted by molar-refractivity contribution is 5.92. The van der Waals surface area contributed by atoms with Crippen molar-refractivity contribution in [3.05, 3.63) is 35.9 Å². The van der Waals surface area contributed by atoms with E-state index in [1.165, 1.54) is 21.0 Å². The molecule has 0 fully saturated rings. The van der Waals surface area contributed by atoms with Gasteiger partial charge in [-0.05, 0) is 53.0 Å². The van der Waals surface area contributed by atoms with E-state index in [0.717, 1.165) is 5.56 Å². The Morgan fingerprint density at radius 3 is 2.15 bits per heavy atom. The van der Waals surface area contributed by atoms with Crippen LogP contribution in [0.1, 0.15) is 46.6 Å². The number of hydrogen-bond donors (Lipinski definition) is 2. The number of carbonyl (C=O) groups is 3. The topological polar surface area (TPSA) is 93.7 Å². The molecule has 0 aromatic heterocycles. The maximum absolute atomic E-state index is 12.6. The van der Waals surface area contributed by atoms with Gasteiger partial charge in [0.25, 0.3) is 0 Å². The molecule has 7 heteroatoms. The van der Waals surface area contributed by atoms with Gasteiger partial charge in [-0.2, -0.15) is 0 Å². The summed E-state index contributed by atoms with van der Waals surface area (Å²) in [5, 5.41) is 5.19. The lowest BCUT2D eigenvalue weighted by molar-refractivity contribution is -0.146. The minimum absolute atomic E-state index is 0.380. The van der Waals surface area contributed by atoms with Crippen molar-refractivity contribution in [3.63, 3.8) is 0 Å². The van der Waals surface area contributed by atoms with Gasteiger partial charge in [-0.25, -0.2) is 9.59 Å². The van der Waals surface area contributed by atoms with E-state index in [1.807, 2.05) is 30.3 Å². The third kappa shape index (κ3) is 8.11. The molecule has 0 saturated heterocycles. The van der Waals surface area contributed by atoms with Crippen LogP contribution in [-0.2, 0) is 25.5 Å². The molecule has 2 N–H and O–H groups in total. The van der Waals surface area contributed by atoms with Crippen molar-refractivity contribution in [3.8, 4) is 0 Å². The molecule has 7 nitrogen and oxygen atoms in total. The molecule has 150 valence electrons. The van der Waals surface area contributed by atoms with E-state index in [1.54, 1.807) is 20.8 Å². The van der Waals surface area contributed by atoms with E-state index in [2.05, 4.69) is 10.6 Å². The number of ether oxygens (including phenoxy) is 2. The maximum atomic E-state index is 12.6. The number of carbonyl (C=O) groups excluding carboxylic acids is 3. The first-order valence-electron chi connectivity index (χ1n) is 8.88. The molecule has 1 unspecified atom stereocenters. The lowest BCUT2D eigenvalue weighted by Gasteiger charge is -2.29. The number of nitrogens with one attached hydrogen (secondary N) is 2. The predicted octanol–water partition coefficient (Wildman–Crippen LogP) is 2.58. The summed E-state index contributed by atoms with van der Waals surface area (Å²) in [6.07, 6.45) is 0.271. The molecular weight excluding hydrogens is 348 g/mol. The van der Waals surface area contributed by atoms with Gasteiger partial charge < -0.3 is 20.1 Å². The number of benzene rings is 1. The van der Waals surface area contributed by atoms with Crippen molar-refractivity contribution in [2.24, 2.45) is 0 Å². The van der Waals surface area contributed by atoms with Crippen molar-refractivity contribution < 1.29 is 23.9 Å². The number of rotatable bonds is 7. The molecule has 0 aliphatic rings. The Morgan fingerprint density at radius 2 is 1.63 bits per heavy atom. The van der Waals surface area contributed by atoms with E-state index in [9.17, 15) is 14.4 Å². The molecule has 1 rings (SSSR count). The first-order valence-corrected chi connectivity index (χ1v) is 8.88. The van der Waals surface area contributed by atoms with Crippen LogP contribution in [0.3, 0.4) is 0 Å². The summed E-state index contributed by atoms with van der Waals surface area (Å²) in [6, 6.07) is 8.81. The number of hydrogen-bond acceptors (Lipinski definition) is 5. The van der Waals surface area contributed by atoms with Crippen molar-refractivity contribution in [2.75, 3.05) is 7.11 Å². The summed E-state index contributed by atoms with van der Waals surface area (Å²) in [5.74, 6) is -1.04. The van der Waals surface area contributed by atoms with Crippen LogP contribution in [0.15, 0.2) is 30.3 Å². The van der Waals surface area contributed by atoms with Crippen LogP contribution in [0, 0.1) is 0 Å². The molecule has 0 radical (unpaired) electrons. The molecule has 1 atom stereocenters. The Balaban J connectivity index is 2.73. The van der Waals surface area contributed by atoms with Crippen LogP contribution in [-0.4, -0.2) is 42.3 Å². The molecule has 0 spiro atoms. The second-order valence-electron chi connectivity index (χ2n) is 7.83. The van der Waals surface area contributed by atoms with E-state index in [0.29, 0.717) is 12.8 Å². The van der Waals surface area contributed by atoms with Crippen LogP contribution in [0.2, 0.25) is 0 Å². The second kappa shape index (κ2) is 9.39. The molecule has 1 aromatic rings. The first kappa shape index (κ1) is 22.5. The van der Waals surface area contributed by atoms with Crippen LogP contribution in [0.4, 0.5) is 4.79 Å². The van der Waals surface area contributed by atoms with Gasteiger partial charge in [0.15, 0.2) is 0 Å². The number of methoxy groups -OCH3 is 1. The second-order valence-corrected chi connectivity index (χ2v) is 7.83. The van der Waals surface area contributed by atoms with Gasteiger partial charge in [-0.3, -0.25) is 4.79 Å². The summed E-state index contributed by atoms with van der Waals surface area (Å²) in [7, 11) is 1.27. The molecule has 0 saturated carbocycles. The average Bonchev–Trinajstić information content (AvgIpc) is 2.56. The molecule has 0 bridgehead atoms. The first-order chi connectivity index (χ1) is 12.4. The largest absolute Gasteiger partial charge is 0.467 e. The van der Waals surface area contributed by atoms with Crippen molar-refractivity contribution >= 4 is 18.0 Å². The van der Waals surface area contributed by atoms with Gasteiger partial charge in [-0.15, -0.1) is 0 Å². The molecular formula is C20H30N2O5.